The van der Waals surface area contributed by atoms with Crippen LogP contribution in [-0.2, 0) is 17.6 Å². The van der Waals surface area contributed by atoms with Crippen molar-refractivity contribution in [3.8, 4) is 0 Å². The topological polar surface area (TPSA) is 106 Å². The zero-order chi connectivity index (χ0) is 21.7. The molecule has 1 saturated heterocycles. The second kappa shape index (κ2) is 8.05. The lowest BCUT2D eigenvalue weighted by atomic mass is 9.87. The Balaban J connectivity index is 1.27. The molecule has 1 fully saturated rings. The minimum Gasteiger partial charge on any atom is -0.396 e. The Morgan fingerprint density at radius 1 is 1.29 bits per heavy atom. The number of ether oxygens (including phenoxy) is 1. The molecule has 5 N–H and O–H groups in total. The summed E-state index contributed by atoms with van der Waals surface area (Å²) in [5, 5.41) is 4.17. The number of hydrogen-bond acceptors (Lipinski definition) is 8. The van der Waals surface area contributed by atoms with Crippen LogP contribution in [0.2, 0.25) is 0 Å². The number of nitrogens with zero attached hydrogens (tertiary/aromatic N) is 2. The molecular formula is C22H27N5O2S2. The molecule has 164 valence electrons. The van der Waals surface area contributed by atoms with Crippen molar-refractivity contribution in [1.29, 1.82) is 0 Å². The standard InChI is InChI=1S/C22H27N5O2S2/c1-11-25-22-20(30-11)18(24)19(31-22)21(28)26-14-5-3-13-8-15(6-4-12(13)7-14)27-9-16(23)17(10-27)29-2/h4,6,8,14,16-17H,3,5,7,9-10,23-24H2,1-2H3,(H,26,28)/t14-,16-,17-/m0/s1. The third kappa shape index (κ3) is 3.80. The van der Waals surface area contributed by atoms with Gasteiger partial charge in [0.2, 0.25) is 0 Å². The summed E-state index contributed by atoms with van der Waals surface area (Å²) in [6.45, 7) is 3.59. The number of amides is 1. The second-order valence-corrected chi connectivity index (χ2v) is 10.6. The SMILES string of the molecule is CO[C@H]1CN(c2ccc3c(c2)CC[C@H](NC(=O)c2sc4nc(C)sc4c2N)C3)C[C@@H]1N. The number of hydrogen-bond donors (Lipinski definition) is 3. The summed E-state index contributed by atoms with van der Waals surface area (Å²) in [5.41, 5.74) is 16.8. The van der Waals surface area contributed by atoms with Crippen molar-refractivity contribution in [3.63, 3.8) is 0 Å². The summed E-state index contributed by atoms with van der Waals surface area (Å²) in [4.78, 5) is 21.1. The number of methoxy groups -OCH3 is 1. The lowest BCUT2D eigenvalue weighted by Crippen LogP contribution is -2.38. The van der Waals surface area contributed by atoms with E-state index in [1.165, 1.54) is 28.2 Å². The summed E-state index contributed by atoms with van der Waals surface area (Å²) in [5.74, 6) is -0.0907. The number of nitrogens with one attached hydrogen (secondary N) is 1. The van der Waals surface area contributed by atoms with Gasteiger partial charge in [0.15, 0.2) is 0 Å². The van der Waals surface area contributed by atoms with Crippen LogP contribution in [0.3, 0.4) is 0 Å². The molecule has 0 spiro atoms. The van der Waals surface area contributed by atoms with Gasteiger partial charge in [-0.1, -0.05) is 6.07 Å². The van der Waals surface area contributed by atoms with Crippen molar-refractivity contribution in [2.45, 2.75) is 44.4 Å². The molecule has 2 aromatic heterocycles. The van der Waals surface area contributed by atoms with E-state index in [0.717, 1.165) is 46.9 Å². The number of fused-ring (bicyclic) bond motifs is 2. The minimum absolute atomic E-state index is 0.0414. The molecule has 1 aliphatic carbocycles. The summed E-state index contributed by atoms with van der Waals surface area (Å²) in [7, 11) is 1.72. The number of nitrogen functional groups attached to an aromatic ring is 1. The molecule has 1 amide bonds. The first kappa shape index (κ1) is 20.7. The van der Waals surface area contributed by atoms with Crippen molar-refractivity contribution >= 4 is 49.5 Å². The summed E-state index contributed by atoms with van der Waals surface area (Å²) in [6, 6.07) is 6.78. The highest BCUT2D eigenvalue weighted by atomic mass is 32.1. The van der Waals surface area contributed by atoms with Crippen LogP contribution in [0.1, 0.15) is 32.2 Å². The summed E-state index contributed by atoms with van der Waals surface area (Å²) >= 11 is 2.92. The predicted octanol–water partition coefficient (Wildman–Crippen LogP) is 2.70. The van der Waals surface area contributed by atoms with Crippen molar-refractivity contribution < 1.29 is 9.53 Å². The quantitative estimate of drug-likeness (QED) is 0.556. The van der Waals surface area contributed by atoms with E-state index in [4.69, 9.17) is 16.2 Å². The van der Waals surface area contributed by atoms with E-state index in [1.807, 2.05) is 6.92 Å². The van der Waals surface area contributed by atoms with Gasteiger partial charge in [-0.05, 0) is 49.4 Å². The summed E-state index contributed by atoms with van der Waals surface area (Å²) < 4.78 is 6.41. The number of rotatable bonds is 4. The molecule has 31 heavy (non-hydrogen) atoms. The van der Waals surface area contributed by atoms with Gasteiger partial charge in [-0.3, -0.25) is 4.79 Å². The first-order valence-electron chi connectivity index (χ1n) is 10.5. The lowest BCUT2D eigenvalue weighted by Gasteiger charge is -2.27. The Kier molecular flexibility index (Phi) is 5.37. The number of benzene rings is 1. The number of thiazole rings is 1. The van der Waals surface area contributed by atoms with Crippen molar-refractivity contribution in [2.24, 2.45) is 5.73 Å². The van der Waals surface area contributed by atoms with Crippen molar-refractivity contribution in [2.75, 3.05) is 30.8 Å². The third-order valence-corrected chi connectivity index (χ3v) is 8.56. The van der Waals surface area contributed by atoms with E-state index in [-0.39, 0.29) is 24.1 Å². The maximum atomic E-state index is 12.9. The number of thiophene rings is 1. The Morgan fingerprint density at radius 2 is 2.13 bits per heavy atom. The van der Waals surface area contributed by atoms with Crippen LogP contribution in [0.4, 0.5) is 11.4 Å². The molecule has 1 aromatic carbocycles. The number of aromatic nitrogens is 1. The number of carbonyl (C=O) groups excluding carboxylic acids is 1. The van der Waals surface area contributed by atoms with Gasteiger partial charge in [0.1, 0.15) is 9.71 Å². The highest BCUT2D eigenvalue weighted by molar-refractivity contribution is 7.29. The zero-order valence-corrected chi connectivity index (χ0v) is 19.3. The van der Waals surface area contributed by atoms with Crippen LogP contribution in [0.15, 0.2) is 18.2 Å². The van der Waals surface area contributed by atoms with Gasteiger partial charge < -0.3 is 26.4 Å². The molecule has 0 saturated carbocycles. The normalized spacial score (nSPS) is 23.3. The highest BCUT2D eigenvalue weighted by Gasteiger charge is 2.31. The largest absolute Gasteiger partial charge is 0.396 e. The number of nitrogens with two attached hydrogens (primary N) is 2. The molecule has 3 heterocycles. The zero-order valence-electron chi connectivity index (χ0n) is 17.7. The molecule has 9 heteroatoms. The molecule has 0 bridgehead atoms. The monoisotopic (exact) mass is 457 g/mol. The van der Waals surface area contributed by atoms with Crippen molar-refractivity contribution in [1.82, 2.24) is 10.3 Å². The van der Waals surface area contributed by atoms with Crippen LogP contribution in [0.25, 0.3) is 9.53 Å². The molecule has 0 radical (unpaired) electrons. The first-order chi connectivity index (χ1) is 14.9. The Hall–Kier alpha value is -2.20. The van der Waals surface area contributed by atoms with E-state index < -0.39 is 0 Å². The van der Waals surface area contributed by atoms with Crippen LogP contribution >= 0.6 is 22.7 Å². The Labute approximate surface area is 189 Å². The van der Waals surface area contributed by atoms with Gasteiger partial charge in [-0.15, -0.1) is 22.7 Å². The fraction of sp³-hybridized carbons (Fsp3) is 0.455. The van der Waals surface area contributed by atoms with Gasteiger partial charge in [-0.2, -0.15) is 0 Å². The Morgan fingerprint density at radius 3 is 2.87 bits per heavy atom. The molecule has 1 aliphatic heterocycles. The van der Waals surface area contributed by atoms with E-state index >= 15 is 0 Å². The number of anilines is 2. The van der Waals surface area contributed by atoms with Gasteiger partial charge in [0, 0.05) is 31.9 Å². The van der Waals surface area contributed by atoms with Crippen LogP contribution in [0.5, 0.6) is 0 Å². The molecular weight excluding hydrogens is 430 g/mol. The van der Waals surface area contributed by atoms with E-state index in [1.54, 1.807) is 18.4 Å². The lowest BCUT2D eigenvalue weighted by molar-refractivity contribution is 0.0938. The average molecular weight is 458 g/mol. The molecule has 5 rings (SSSR count). The predicted molar refractivity (Wildman–Crippen MR) is 127 cm³/mol. The van der Waals surface area contributed by atoms with Crippen LogP contribution in [-0.4, -0.2) is 49.3 Å². The maximum Gasteiger partial charge on any atom is 0.263 e. The molecule has 7 nitrogen and oxygen atoms in total. The minimum atomic E-state index is -0.0907. The fourth-order valence-electron chi connectivity index (χ4n) is 4.64. The van der Waals surface area contributed by atoms with E-state index in [0.29, 0.717) is 10.6 Å². The number of aryl methyl sites for hydroxylation is 2. The Bertz CT molecular complexity index is 1140. The molecule has 3 aromatic rings. The fourth-order valence-corrected chi connectivity index (χ4v) is 6.73. The average Bonchev–Trinajstić information content (AvgIpc) is 3.40. The van der Waals surface area contributed by atoms with E-state index in [9.17, 15) is 4.79 Å². The number of carbonyl (C=O) groups is 1. The van der Waals surface area contributed by atoms with Crippen LogP contribution < -0.4 is 21.7 Å². The van der Waals surface area contributed by atoms with Gasteiger partial charge in [-0.25, -0.2) is 4.98 Å². The third-order valence-electron chi connectivity index (χ3n) is 6.33. The highest BCUT2D eigenvalue weighted by Crippen LogP contribution is 2.37. The second-order valence-electron chi connectivity index (χ2n) is 8.42. The smallest absolute Gasteiger partial charge is 0.263 e. The maximum absolute atomic E-state index is 12.9. The van der Waals surface area contributed by atoms with Gasteiger partial charge >= 0.3 is 0 Å². The summed E-state index contributed by atoms with van der Waals surface area (Å²) in [6.07, 6.45) is 2.77. The molecule has 3 atom stereocenters. The first-order valence-corrected chi connectivity index (χ1v) is 12.2. The van der Waals surface area contributed by atoms with Crippen molar-refractivity contribution in [3.05, 3.63) is 39.2 Å². The molecule has 2 aliphatic rings. The van der Waals surface area contributed by atoms with E-state index in [2.05, 4.69) is 33.4 Å². The van der Waals surface area contributed by atoms with Gasteiger partial charge in [0.25, 0.3) is 5.91 Å². The van der Waals surface area contributed by atoms with Gasteiger partial charge in [0.05, 0.1) is 27.5 Å². The van der Waals surface area contributed by atoms with Crippen LogP contribution in [0, 0.1) is 6.92 Å². The molecule has 0 unspecified atom stereocenters.